The van der Waals surface area contributed by atoms with Crippen molar-refractivity contribution < 1.29 is 0 Å². The molecule has 2 aromatic rings. The summed E-state index contributed by atoms with van der Waals surface area (Å²) in [7, 11) is 0. The number of anilines is 2. The van der Waals surface area contributed by atoms with Crippen molar-refractivity contribution in [2.24, 2.45) is 0 Å². The van der Waals surface area contributed by atoms with E-state index in [0.29, 0.717) is 23.2 Å². The fourth-order valence-corrected chi connectivity index (χ4v) is 3.59. The zero-order chi connectivity index (χ0) is 18.0. The average Bonchev–Trinajstić information content (AvgIpc) is 2.58. The van der Waals surface area contributed by atoms with Crippen LogP contribution < -0.4 is 10.6 Å². The number of nitrogen functional groups attached to an aromatic ring is 1. The quantitative estimate of drug-likeness (QED) is 0.738. The number of nitrogens with two attached hydrogens (primary N) is 1. The lowest BCUT2D eigenvalue weighted by Crippen LogP contribution is -2.52. The van der Waals surface area contributed by atoms with Gasteiger partial charge in [-0.1, -0.05) is 23.7 Å². The zero-order valence-corrected chi connectivity index (χ0v) is 16.3. The minimum atomic E-state index is 0.205. The Morgan fingerprint density at radius 3 is 2.68 bits per heavy atom. The first kappa shape index (κ1) is 18.1. The maximum atomic E-state index is 7.90. The molecule has 0 spiro atoms. The first-order chi connectivity index (χ1) is 12.0. The Hall–Kier alpha value is -1.70. The number of aromatic nitrogens is 2. The number of nitrogens with zero attached hydrogens (tertiary/aromatic N) is 4. The van der Waals surface area contributed by atoms with Crippen molar-refractivity contribution in [1.82, 2.24) is 14.9 Å². The number of hydrogen-bond acceptors (Lipinski definition) is 6. The summed E-state index contributed by atoms with van der Waals surface area (Å²) in [6, 6.07) is 8.33. The van der Waals surface area contributed by atoms with E-state index in [-0.39, 0.29) is 4.62 Å². The molecule has 132 valence electrons. The highest BCUT2D eigenvalue weighted by Gasteiger charge is 2.27. The molecule has 1 aliphatic heterocycles. The summed E-state index contributed by atoms with van der Waals surface area (Å²) < 4.78 is 0.205. The Kier molecular flexibility index (Phi) is 5.56. The van der Waals surface area contributed by atoms with Crippen molar-refractivity contribution in [1.29, 1.82) is 5.41 Å². The van der Waals surface area contributed by atoms with Crippen LogP contribution in [-0.2, 0) is 6.54 Å². The van der Waals surface area contributed by atoms with Crippen LogP contribution in [0.15, 0.2) is 30.6 Å². The van der Waals surface area contributed by atoms with Crippen LogP contribution in [-0.4, -0.2) is 45.2 Å². The van der Waals surface area contributed by atoms with E-state index in [1.54, 1.807) is 0 Å². The molecule has 0 amide bonds. The fraction of sp³-hybridized carbons (Fsp3) is 0.353. The van der Waals surface area contributed by atoms with Crippen molar-refractivity contribution in [3.63, 3.8) is 0 Å². The van der Waals surface area contributed by atoms with E-state index in [1.807, 2.05) is 12.1 Å². The number of halogens is 2. The maximum Gasteiger partial charge on any atom is 0.144 e. The van der Waals surface area contributed by atoms with Crippen LogP contribution >= 0.6 is 27.5 Å². The van der Waals surface area contributed by atoms with Gasteiger partial charge in [-0.2, -0.15) is 0 Å². The number of piperazine rings is 1. The van der Waals surface area contributed by atoms with Gasteiger partial charge in [0.1, 0.15) is 22.6 Å². The highest BCUT2D eigenvalue weighted by Crippen LogP contribution is 2.26. The summed E-state index contributed by atoms with van der Waals surface area (Å²) in [5.41, 5.74) is 7.74. The van der Waals surface area contributed by atoms with Gasteiger partial charge in [-0.3, -0.25) is 10.3 Å². The molecule has 3 rings (SSSR count). The molecule has 3 N–H and O–H groups in total. The minimum absolute atomic E-state index is 0.205. The number of rotatable bonds is 4. The molecule has 0 bridgehead atoms. The lowest BCUT2D eigenvalue weighted by atomic mass is 10.1. The van der Waals surface area contributed by atoms with E-state index >= 15 is 0 Å². The molecule has 0 saturated carbocycles. The van der Waals surface area contributed by atoms with Gasteiger partial charge in [0, 0.05) is 37.2 Å². The third kappa shape index (κ3) is 4.11. The lowest BCUT2D eigenvalue weighted by Gasteiger charge is -2.41. The van der Waals surface area contributed by atoms with Gasteiger partial charge >= 0.3 is 0 Å². The van der Waals surface area contributed by atoms with Crippen LogP contribution in [0.5, 0.6) is 0 Å². The summed E-state index contributed by atoms with van der Waals surface area (Å²) >= 11 is 9.16. The Labute approximate surface area is 160 Å². The van der Waals surface area contributed by atoms with Gasteiger partial charge < -0.3 is 10.6 Å². The third-order valence-electron chi connectivity index (χ3n) is 4.44. The SMILES string of the molecule is C[C@H]1CN(c2ncnc(N)c2C(=N)Br)CCN1Cc1ccc(Cl)cc1. The highest BCUT2D eigenvalue weighted by atomic mass is 79.9. The summed E-state index contributed by atoms with van der Waals surface area (Å²) in [5, 5.41) is 8.66. The standard InChI is InChI=1S/C17H20BrClN6/c1-11-8-25(17-14(15(18)20)16(21)22-10-23-17)7-6-24(11)9-12-2-4-13(19)5-3-12/h2-5,10-11,20H,6-9H2,1H3,(H2,21,22,23)/t11-/m0/s1. The predicted octanol–water partition coefficient (Wildman–Crippen LogP) is 3.14. The second-order valence-electron chi connectivity index (χ2n) is 6.16. The molecule has 1 saturated heterocycles. The van der Waals surface area contributed by atoms with Crippen molar-refractivity contribution in [3.05, 3.63) is 46.7 Å². The maximum absolute atomic E-state index is 7.90. The summed E-state index contributed by atoms with van der Waals surface area (Å²) in [4.78, 5) is 13.0. The van der Waals surface area contributed by atoms with Crippen LogP contribution in [0.2, 0.25) is 5.02 Å². The largest absolute Gasteiger partial charge is 0.383 e. The highest BCUT2D eigenvalue weighted by molar-refractivity contribution is 9.18. The molecular weight excluding hydrogens is 404 g/mol. The summed E-state index contributed by atoms with van der Waals surface area (Å²) in [6.07, 6.45) is 1.45. The van der Waals surface area contributed by atoms with Crippen molar-refractivity contribution >= 4 is 43.8 Å². The van der Waals surface area contributed by atoms with Gasteiger partial charge in [-0.25, -0.2) is 9.97 Å². The molecule has 0 unspecified atom stereocenters. The number of benzene rings is 1. The molecule has 0 radical (unpaired) electrons. The van der Waals surface area contributed by atoms with Crippen molar-refractivity contribution in [2.75, 3.05) is 30.3 Å². The van der Waals surface area contributed by atoms with Crippen LogP contribution in [0.25, 0.3) is 0 Å². The van der Waals surface area contributed by atoms with Gasteiger partial charge in [0.2, 0.25) is 0 Å². The minimum Gasteiger partial charge on any atom is -0.383 e. The van der Waals surface area contributed by atoms with Crippen molar-refractivity contribution in [3.8, 4) is 0 Å². The molecule has 6 nitrogen and oxygen atoms in total. The van der Waals surface area contributed by atoms with Crippen LogP contribution in [0.3, 0.4) is 0 Å². The normalized spacial score (nSPS) is 18.4. The first-order valence-electron chi connectivity index (χ1n) is 8.04. The molecule has 0 aliphatic carbocycles. The first-order valence-corrected chi connectivity index (χ1v) is 9.21. The van der Waals surface area contributed by atoms with Gasteiger partial charge in [-0.15, -0.1) is 0 Å². The Morgan fingerprint density at radius 2 is 2.04 bits per heavy atom. The molecule has 1 aromatic carbocycles. The number of hydrogen-bond donors (Lipinski definition) is 2. The Morgan fingerprint density at radius 1 is 1.32 bits per heavy atom. The number of nitrogens with one attached hydrogen (secondary N) is 1. The molecule has 2 heterocycles. The van der Waals surface area contributed by atoms with Gasteiger partial charge in [0.05, 0.1) is 5.56 Å². The molecular formula is C17H20BrClN6. The lowest BCUT2D eigenvalue weighted by molar-refractivity contribution is 0.180. The third-order valence-corrected chi connectivity index (χ3v) is 5.09. The zero-order valence-electron chi connectivity index (χ0n) is 13.9. The van der Waals surface area contributed by atoms with E-state index in [9.17, 15) is 0 Å². The van der Waals surface area contributed by atoms with E-state index in [1.165, 1.54) is 11.9 Å². The topological polar surface area (TPSA) is 82.1 Å². The Bertz CT molecular complexity index is 766. The van der Waals surface area contributed by atoms with Gasteiger partial charge in [0.15, 0.2) is 0 Å². The molecule has 1 fully saturated rings. The smallest absolute Gasteiger partial charge is 0.144 e. The molecule has 1 aromatic heterocycles. The van der Waals surface area contributed by atoms with E-state index in [4.69, 9.17) is 22.7 Å². The predicted molar refractivity (Wildman–Crippen MR) is 106 cm³/mol. The molecule has 1 aliphatic rings. The second kappa shape index (κ2) is 7.68. The molecule has 8 heteroatoms. The van der Waals surface area contributed by atoms with Crippen molar-refractivity contribution in [2.45, 2.75) is 19.5 Å². The summed E-state index contributed by atoms with van der Waals surface area (Å²) in [5.74, 6) is 1.04. The fourth-order valence-electron chi connectivity index (χ4n) is 3.09. The van der Waals surface area contributed by atoms with E-state index < -0.39 is 0 Å². The Balaban J connectivity index is 1.73. The van der Waals surface area contributed by atoms with E-state index in [0.717, 1.165) is 31.2 Å². The monoisotopic (exact) mass is 422 g/mol. The molecule has 1 atom stereocenters. The summed E-state index contributed by atoms with van der Waals surface area (Å²) in [6.45, 7) is 5.63. The van der Waals surface area contributed by atoms with E-state index in [2.05, 4.69) is 54.8 Å². The average molecular weight is 424 g/mol. The van der Waals surface area contributed by atoms with Gasteiger partial charge in [-0.05, 0) is 40.5 Å². The van der Waals surface area contributed by atoms with Crippen LogP contribution in [0, 0.1) is 5.41 Å². The van der Waals surface area contributed by atoms with Crippen LogP contribution in [0.1, 0.15) is 18.1 Å². The molecule has 25 heavy (non-hydrogen) atoms. The second-order valence-corrected chi connectivity index (χ2v) is 7.39. The van der Waals surface area contributed by atoms with Gasteiger partial charge in [0.25, 0.3) is 0 Å². The van der Waals surface area contributed by atoms with Crippen LogP contribution in [0.4, 0.5) is 11.6 Å².